The van der Waals surface area contributed by atoms with Gasteiger partial charge in [-0.3, -0.25) is 9.69 Å². The van der Waals surface area contributed by atoms with Gasteiger partial charge in [0.1, 0.15) is 11.6 Å². The number of ether oxygens (including phenoxy) is 1. The van der Waals surface area contributed by atoms with Crippen molar-refractivity contribution < 1.29 is 23.4 Å². The second kappa shape index (κ2) is 8.02. The van der Waals surface area contributed by atoms with Gasteiger partial charge in [-0.1, -0.05) is 0 Å². The van der Waals surface area contributed by atoms with Crippen LogP contribution in [0.3, 0.4) is 0 Å². The topological polar surface area (TPSA) is 61.8 Å². The van der Waals surface area contributed by atoms with Crippen molar-refractivity contribution in [2.75, 3.05) is 32.6 Å². The molecule has 0 bridgehead atoms. The van der Waals surface area contributed by atoms with E-state index in [2.05, 4.69) is 5.32 Å². The number of nitrogens with zero attached hydrogens (tertiary/aromatic N) is 1. The third kappa shape index (κ3) is 5.37. The van der Waals surface area contributed by atoms with Crippen LogP contribution in [0.1, 0.15) is 6.92 Å². The minimum Gasteiger partial charge on any atom is -0.389 e. The highest BCUT2D eigenvalue weighted by Crippen LogP contribution is 2.15. The predicted octanol–water partition coefficient (Wildman–Crippen LogP) is 1.23. The maximum absolute atomic E-state index is 13.5. The molecule has 0 saturated heterocycles. The Kier molecular flexibility index (Phi) is 6.67. The molecule has 21 heavy (non-hydrogen) atoms. The smallest absolute Gasteiger partial charge is 0.241 e. The van der Waals surface area contributed by atoms with E-state index in [0.717, 1.165) is 12.1 Å². The number of rotatable bonds is 7. The van der Waals surface area contributed by atoms with E-state index in [4.69, 9.17) is 4.74 Å². The van der Waals surface area contributed by atoms with Gasteiger partial charge in [-0.25, -0.2) is 8.78 Å². The molecule has 0 aromatic heterocycles. The van der Waals surface area contributed by atoms with E-state index < -0.39 is 29.7 Å². The van der Waals surface area contributed by atoms with E-state index in [1.165, 1.54) is 7.11 Å². The van der Waals surface area contributed by atoms with Crippen LogP contribution in [0.5, 0.6) is 0 Å². The molecule has 2 unspecified atom stereocenters. The first-order valence-corrected chi connectivity index (χ1v) is 6.48. The fourth-order valence-corrected chi connectivity index (χ4v) is 1.76. The minimum atomic E-state index is -0.836. The summed E-state index contributed by atoms with van der Waals surface area (Å²) >= 11 is 0. The molecule has 7 heteroatoms. The van der Waals surface area contributed by atoms with Gasteiger partial charge >= 0.3 is 0 Å². The normalized spacial score (nSPS) is 14.0. The molecule has 1 rings (SSSR count). The van der Waals surface area contributed by atoms with Crippen LogP contribution in [0.4, 0.5) is 14.5 Å². The number of carbonyl (C=O) groups excluding carboxylic acids is 1. The van der Waals surface area contributed by atoms with Crippen molar-refractivity contribution in [1.82, 2.24) is 4.90 Å². The number of likely N-dealkylation sites (N-methyl/N-ethyl adjacent to an activating group) is 1. The summed E-state index contributed by atoms with van der Waals surface area (Å²) in [6, 6.07) is 2.33. The van der Waals surface area contributed by atoms with E-state index in [-0.39, 0.29) is 18.8 Å². The van der Waals surface area contributed by atoms with Crippen LogP contribution in [0.25, 0.3) is 0 Å². The highest BCUT2D eigenvalue weighted by Gasteiger charge is 2.21. The third-order valence-electron chi connectivity index (χ3n) is 3.09. The van der Waals surface area contributed by atoms with Gasteiger partial charge in [0.2, 0.25) is 5.91 Å². The van der Waals surface area contributed by atoms with Crippen LogP contribution < -0.4 is 5.32 Å². The molecule has 0 heterocycles. The molecule has 0 aliphatic carbocycles. The first-order chi connectivity index (χ1) is 9.85. The number of hydrogen-bond acceptors (Lipinski definition) is 4. The van der Waals surface area contributed by atoms with Crippen LogP contribution in [0.15, 0.2) is 18.2 Å². The molecule has 0 aliphatic heterocycles. The Labute approximate surface area is 122 Å². The number of anilines is 1. The van der Waals surface area contributed by atoms with Crippen molar-refractivity contribution in [3.63, 3.8) is 0 Å². The van der Waals surface area contributed by atoms with Crippen LogP contribution >= 0.6 is 0 Å². The van der Waals surface area contributed by atoms with E-state index in [1.807, 2.05) is 0 Å². The average molecular weight is 302 g/mol. The highest BCUT2D eigenvalue weighted by molar-refractivity contribution is 5.94. The molecular weight excluding hydrogens is 282 g/mol. The molecule has 1 aromatic carbocycles. The Morgan fingerprint density at radius 2 is 2.14 bits per heavy atom. The van der Waals surface area contributed by atoms with Crippen molar-refractivity contribution in [1.29, 1.82) is 0 Å². The standard InChI is InChI=1S/C14H20F2N2O3/c1-9(18(2)7-11(19)8-21-3)14(20)17-13-5-4-10(15)6-12(13)16/h4-6,9,11,19H,7-8H2,1-3H3,(H,17,20). The Morgan fingerprint density at radius 3 is 2.71 bits per heavy atom. The number of amides is 1. The van der Waals surface area contributed by atoms with E-state index in [1.54, 1.807) is 18.9 Å². The fraction of sp³-hybridized carbons (Fsp3) is 0.500. The Morgan fingerprint density at radius 1 is 1.48 bits per heavy atom. The number of methoxy groups -OCH3 is 1. The van der Waals surface area contributed by atoms with Crippen molar-refractivity contribution in [3.05, 3.63) is 29.8 Å². The number of halogens is 2. The molecular formula is C14H20F2N2O3. The molecule has 2 N–H and O–H groups in total. The number of benzene rings is 1. The number of aliphatic hydroxyl groups is 1. The maximum atomic E-state index is 13.5. The van der Waals surface area contributed by atoms with Gasteiger partial charge in [0, 0.05) is 19.7 Å². The summed E-state index contributed by atoms with van der Waals surface area (Å²) in [4.78, 5) is 13.6. The van der Waals surface area contributed by atoms with Gasteiger partial charge in [0.15, 0.2) is 0 Å². The molecule has 0 aliphatic rings. The molecule has 5 nitrogen and oxygen atoms in total. The summed E-state index contributed by atoms with van der Waals surface area (Å²) in [5.41, 5.74) is -0.0842. The molecule has 0 spiro atoms. The lowest BCUT2D eigenvalue weighted by Gasteiger charge is -2.26. The zero-order valence-electron chi connectivity index (χ0n) is 12.3. The SMILES string of the molecule is COCC(O)CN(C)C(C)C(=O)Nc1ccc(F)cc1F. The monoisotopic (exact) mass is 302 g/mol. The van der Waals surface area contributed by atoms with Gasteiger partial charge in [-0.05, 0) is 26.1 Å². The highest BCUT2D eigenvalue weighted by atomic mass is 19.1. The second-order valence-corrected chi connectivity index (χ2v) is 4.84. The summed E-state index contributed by atoms with van der Waals surface area (Å²) in [6.45, 7) is 2.01. The largest absolute Gasteiger partial charge is 0.389 e. The first kappa shape index (κ1) is 17.5. The number of hydrogen-bond donors (Lipinski definition) is 2. The van der Waals surface area contributed by atoms with Crippen LogP contribution in [0.2, 0.25) is 0 Å². The zero-order chi connectivity index (χ0) is 16.0. The number of carbonyl (C=O) groups is 1. The quantitative estimate of drug-likeness (QED) is 0.795. The van der Waals surface area contributed by atoms with Gasteiger partial charge in [-0.15, -0.1) is 0 Å². The zero-order valence-corrected chi connectivity index (χ0v) is 12.3. The van der Waals surface area contributed by atoms with Gasteiger partial charge < -0.3 is 15.2 Å². The molecule has 0 radical (unpaired) electrons. The number of aliphatic hydroxyl groups excluding tert-OH is 1. The lowest BCUT2D eigenvalue weighted by atomic mass is 10.2. The van der Waals surface area contributed by atoms with Crippen molar-refractivity contribution >= 4 is 11.6 Å². The van der Waals surface area contributed by atoms with Gasteiger partial charge in [0.25, 0.3) is 0 Å². The summed E-state index contributed by atoms with van der Waals surface area (Å²) < 4.78 is 31.1. The van der Waals surface area contributed by atoms with Crippen LogP contribution in [0, 0.1) is 11.6 Å². The van der Waals surface area contributed by atoms with Gasteiger partial charge in [0.05, 0.1) is 24.4 Å². The maximum Gasteiger partial charge on any atom is 0.241 e. The Bertz CT molecular complexity index is 485. The lowest BCUT2D eigenvalue weighted by Crippen LogP contribution is -2.44. The minimum absolute atomic E-state index is 0.0842. The van der Waals surface area contributed by atoms with Crippen LogP contribution in [-0.2, 0) is 9.53 Å². The summed E-state index contributed by atoms with van der Waals surface area (Å²) in [5.74, 6) is -2.00. The Hall–Kier alpha value is -1.57. The molecule has 1 aromatic rings. The second-order valence-electron chi connectivity index (χ2n) is 4.84. The molecule has 118 valence electrons. The molecule has 1 amide bonds. The molecule has 0 fully saturated rings. The third-order valence-corrected chi connectivity index (χ3v) is 3.09. The van der Waals surface area contributed by atoms with Crippen molar-refractivity contribution in [2.45, 2.75) is 19.1 Å². The number of nitrogens with one attached hydrogen (secondary N) is 1. The van der Waals surface area contributed by atoms with E-state index in [0.29, 0.717) is 6.07 Å². The molecule has 0 saturated carbocycles. The fourth-order valence-electron chi connectivity index (χ4n) is 1.76. The summed E-state index contributed by atoms with van der Waals surface area (Å²) in [5, 5.41) is 12.0. The Balaban J connectivity index is 2.61. The van der Waals surface area contributed by atoms with E-state index >= 15 is 0 Å². The summed E-state index contributed by atoms with van der Waals surface area (Å²) in [6.07, 6.45) is -0.724. The van der Waals surface area contributed by atoms with Crippen molar-refractivity contribution in [2.24, 2.45) is 0 Å². The van der Waals surface area contributed by atoms with Gasteiger partial charge in [-0.2, -0.15) is 0 Å². The molecule has 2 atom stereocenters. The van der Waals surface area contributed by atoms with E-state index in [9.17, 15) is 18.7 Å². The first-order valence-electron chi connectivity index (χ1n) is 6.48. The lowest BCUT2D eigenvalue weighted by molar-refractivity contribution is -0.120. The summed E-state index contributed by atoms with van der Waals surface area (Å²) in [7, 11) is 3.13. The average Bonchev–Trinajstić information content (AvgIpc) is 2.41. The predicted molar refractivity (Wildman–Crippen MR) is 75.0 cm³/mol. The van der Waals surface area contributed by atoms with Crippen LogP contribution in [-0.4, -0.2) is 55.4 Å². The van der Waals surface area contributed by atoms with Crippen molar-refractivity contribution in [3.8, 4) is 0 Å².